The Kier molecular flexibility index (Phi) is 6.01. The van der Waals surface area contributed by atoms with E-state index in [1.165, 1.54) is 0 Å². The fraction of sp³-hybridized carbons (Fsp3) is 0.348. The summed E-state index contributed by atoms with van der Waals surface area (Å²) in [6.45, 7) is 5.74. The molecule has 29 heavy (non-hydrogen) atoms. The van der Waals surface area contributed by atoms with Crippen molar-refractivity contribution in [2.45, 2.75) is 33.6 Å². The van der Waals surface area contributed by atoms with E-state index < -0.39 is 17.3 Å². The third-order valence-electron chi connectivity index (χ3n) is 5.13. The standard InChI is InChI=1S/C23H26N2O4/c1-4-29-20(26)17-12-6-7-13-18(17)24-21(27)23(2,3)22(28)25-15-9-11-16-10-5-8-14-19(16)25/h5-8,10,12-14H,4,9,11,15H2,1-3H3,(H,24,27). The number of anilines is 2. The summed E-state index contributed by atoms with van der Waals surface area (Å²) in [6, 6.07) is 14.4. The molecule has 2 aromatic carbocycles. The van der Waals surface area contributed by atoms with Crippen molar-refractivity contribution in [3.63, 3.8) is 0 Å². The van der Waals surface area contributed by atoms with E-state index in [-0.39, 0.29) is 18.1 Å². The van der Waals surface area contributed by atoms with Crippen molar-refractivity contribution in [3.8, 4) is 0 Å². The summed E-state index contributed by atoms with van der Waals surface area (Å²) in [7, 11) is 0. The topological polar surface area (TPSA) is 75.7 Å². The molecule has 3 rings (SSSR count). The third kappa shape index (κ3) is 4.16. The Labute approximate surface area is 170 Å². The molecule has 0 aliphatic carbocycles. The number of hydrogen-bond donors (Lipinski definition) is 1. The lowest BCUT2D eigenvalue weighted by Gasteiger charge is -2.35. The highest BCUT2D eigenvalue weighted by Gasteiger charge is 2.41. The third-order valence-corrected chi connectivity index (χ3v) is 5.13. The summed E-state index contributed by atoms with van der Waals surface area (Å²) < 4.78 is 5.05. The highest BCUT2D eigenvalue weighted by Crippen LogP contribution is 2.32. The number of esters is 1. The van der Waals surface area contributed by atoms with Gasteiger partial charge in [-0.05, 0) is 57.4 Å². The number of nitrogens with zero attached hydrogens (tertiary/aromatic N) is 1. The molecule has 0 bridgehead atoms. The predicted octanol–water partition coefficient (Wildman–Crippen LogP) is 3.81. The fourth-order valence-corrected chi connectivity index (χ4v) is 3.44. The van der Waals surface area contributed by atoms with E-state index >= 15 is 0 Å². The van der Waals surface area contributed by atoms with Gasteiger partial charge < -0.3 is 15.0 Å². The number of aryl methyl sites for hydroxylation is 1. The SMILES string of the molecule is CCOC(=O)c1ccccc1NC(=O)C(C)(C)C(=O)N1CCCc2ccccc21. The first-order valence-corrected chi connectivity index (χ1v) is 9.83. The Hall–Kier alpha value is -3.15. The predicted molar refractivity (Wildman–Crippen MR) is 112 cm³/mol. The minimum atomic E-state index is -1.31. The number of hydrogen-bond acceptors (Lipinski definition) is 4. The lowest BCUT2D eigenvalue weighted by atomic mass is 9.88. The van der Waals surface area contributed by atoms with Gasteiger partial charge in [-0.2, -0.15) is 0 Å². The lowest BCUT2D eigenvalue weighted by Crippen LogP contribution is -2.49. The van der Waals surface area contributed by atoms with E-state index in [9.17, 15) is 14.4 Å². The molecular weight excluding hydrogens is 368 g/mol. The van der Waals surface area contributed by atoms with E-state index in [1.54, 1.807) is 49.9 Å². The molecule has 0 saturated heterocycles. The number of carbonyl (C=O) groups excluding carboxylic acids is 3. The van der Waals surface area contributed by atoms with E-state index in [0.29, 0.717) is 12.2 Å². The molecule has 0 radical (unpaired) electrons. The van der Waals surface area contributed by atoms with Gasteiger partial charge in [0.15, 0.2) is 0 Å². The average molecular weight is 394 g/mol. The largest absolute Gasteiger partial charge is 0.462 e. The van der Waals surface area contributed by atoms with Crippen molar-refractivity contribution in [1.29, 1.82) is 0 Å². The van der Waals surface area contributed by atoms with Gasteiger partial charge >= 0.3 is 5.97 Å². The van der Waals surface area contributed by atoms with Crippen LogP contribution in [0.2, 0.25) is 0 Å². The first kappa shape index (κ1) is 20.6. The van der Waals surface area contributed by atoms with Crippen LogP contribution in [-0.2, 0) is 20.7 Å². The quantitative estimate of drug-likeness (QED) is 0.618. The number of ether oxygens (including phenoxy) is 1. The number of para-hydroxylation sites is 2. The van der Waals surface area contributed by atoms with E-state index in [0.717, 1.165) is 24.1 Å². The van der Waals surface area contributed by atoms with Crippen LogP contribution in [0.5, 0.6) is 0 Å². The molecule has 0 saturated carbocycles. The number of amides is 2. The van der Waals surface area contributed by atoms with Crippen molar-refractivity contribution in [2.75, 3.05) is 23.4 Å². The lowest BCUT2D eigenvalue weighted by molar-refractivity contribution is -0.136. The molecule has 6 nitrogen and oxygen atoms in total. The molecule has 1 N–H and O–H groups in total. The number of fused-ring (bicyclic) bond motifs is 1. The summed E-state index contributed by atoms with van der Waals surface area (Å²) in [6.07, 6.45) is 1.77. The van der Waals surface area contributed by atoms with Crippen LogP contribution in [0.4, 0.5) is 11.4 Å². The van der Waals surface area contributed by atoms with Gasteiger partial charge in [0.1, 0.15) is 5.41 Å². The van der Waals surface area contributed by atoms with Crippen molar-refractivity contribution >= 4 is 29.2 Å². The molecule has 0 fully saturated rings. The molecule has 2 amide bonds. The molecule has 6 heteroatoms. The summed E-state index contributed by atoms with van der Waals surface area (Å²) in [5.41, 5.74) is 1.24. The van der Waals surface area contributed by atoms with Crippen molar-refractivity contribution in [2.24, 2.45) is 5.41 Å². The Balaban J connectivity index is 1.83. The summed E-state index contributed by atoms with van der Waals surface area (Å²) >= 11 is 0. The second-order valence-electron chi connectivity index (χ2n) is 7.53. The van der Waals surface area contributed by atoms with Crippen LogP contribution >= 0.6 is 0 Å². The van der Waals surface area contributed by atoms with Crippen LogP contribution in [0.3, 0.4) is 0 Å². The Morgan fingerprint density at radius 3 is 2.52 bits per heavy atom. The molecular formula is C23H26N2O4. The van der Waals surface area contributed by atoms with Crippen LogP contribution in [0, 0.1) is 5.41 Å². The summed E-state index contributed by atoms with van der Waals surface area (Å²) in [4.78, 5) is 40.2. The molecule has 2 aromatic rings. The molecule has 0 spiro atoms. The average Bonchev–Trinajstić information content (AvgIpc) is 2.73. The Morgan fingerprint density at radius 2 is 1.76 bits per heavy atom. The molecule has 1 aliphatic heterocycles. The maximum atomic E-state index is 13.3. The Morgan fingerprint density at radius 1 is 1.07 bits per heavy atom. The maximum absolute atomic E-state index is 13.3. The van der Waals surface area contributed by atoms with E-state index in [2.05, 4.69) is 5.32 Å². The second-order valence-corrected chi connectivity index (χ2v) is 7.53. The zero-order valence-electron chi connectivity index (χ0n) is 17.0. The monoisotopic (exact) mass is 394 g/mol. The number of carbonyl (C=O) groups is 3. The van der Waals surface area contributed by atoms with Gasteiger partial charge in [0, 0.05) is 12.2 Å². The minimum Gasteiger partial charge on any atom is -0.462 e. The van der Waals surface area contributed by atoms with E-state index in [4.69, 9.17) is 4.74 Å². The highest BCUT2D eigenvalue weighted by molar-refractivity contribution is 6.16. The number of nitrogens with one attached hydrogen (secondary N) is 1. The van der Waals surface area contributed by atoms with Crippen LogP contribution in [0.15, 0.2) is 48.5 Å². The van der Waals surface area contributed by atoms with Gasteiger partial charge in [0.25, 0.3) is 0 Å². The zero-order chi connectivity index (χ0) is 21.0. The fourth-order valence-electron chi connectivity index (χ4n) is 3.44. The van der Waals surface area contributed by atoms with Crippen LogP contribution < -0.4 is 10.2 Å². The molecule has 1 aliphatic rings. The molecule has 1 heterocycles. The maximum Gasteiger partial charge on any atom is 0.340 e. The minimum absolute atomic E-state index is 0.236. The number of benzene rings is 2. The van der Waals surface area contributed by atoms with Crippen LogP contribution in [0.1, 0.15) is 43.1 Å². The molecule has 0 aromatic heterocycles. The molecule has 0 unspecified atom stereocenters. The van der Waals surface area contributed by atoms with Gasteiger partial charge in [0.05, 0.1) is 17.9 Å². The molecule has 152 valence electrons. The van der Waals surface area contributed by atoms with Gasteiger partial charge in [-0.15, -0.1) is 0 Å². The first-order valence-electron chi connectivity index (χ1n) is 9.83. The van der Waals surface area contributed by atoms with Gasteiger partial charge in [-0.3, -0.25) is 9.59 Å². The van der Waals surface area contributed by atoms with E-state index in [1.807, 2.05) is 24.3 Å². The first-order chi connectivity index (χ1) is 13.9. The molecule has 0 atom stereocenters. The van der Waals surface area contributed by atoms with Crippen LogP contribution in [0.25, 0.3) is 0 Å². The van der Waals surface area contributed by atoms with Gasteiger partial charge in [-0.25, -0.2) is 4.79 Å². The zero-order valence-corrected chi connectivity index (χ0v) is 17.0. The van der Waals surface area contributed by atoms with Crippen molar-refractivity contribution in [1.82, 2.24) is 0 Å². The van der Waals surface area contributed by atoms with Crippen molar-refractivity contribution < 1.29 is 19.1 Å². The summed E-state index contributed by atoms with van der Waals surface area (Å²) in [5, 5.41) is 2.75. The highest BCUT2D eigenvalue weighted by atomic mass is 16.5. The normalized spacial score (nSPS) is 13.4. The number of rotatable bonds is 5. The smallest absolute Gasteiger partial charge is 0.340 e. The van der Waals surface area contributed by atoms with Crippen LogP contribution in [-0.4, -0.2) is 30.9 Å². The summed E-state index contributed by atoms with van der Waals surface area (Å²) in [5.74, 6) is -1.25. The van der Waals surface area contributed by atoms with Gasteiger partial charge in [0.2, 0.25) is 11.8 Å². The Bertz CT molecular complexity index is 936. The van der Waals surface area contributed by atoms with Crippen molar-refractivity contribution in [3.05, 3.63) is 59.7 Å². The second kappa shape index (κ2) is 8.47. The van der Waals surface area contributed by atoms with Gasteiger partial charge in [-0.1, -0.05) is 30.3 Å².